The SMILES string of the molecule is Cc1cccc(NC(=O)COC(=O)CCN2C(=O)NC3(CCCC3)C2=O)c1C. The van der Waals surface area contributed by atoms with Gasteiger partial charge in [0.2, 0.25) is 0 Å². The Morgan fingerprint density at radius 2 is 1.93 bits per heavy atom. The number of benzene rings is 1. The Labute approximate surface area is 163 Å². The van der Waals surface area contributed by atoms with Crippen LogP contribution in [0.15, 0.2) is 18.2 Å². The van der Waals surface area contributed by atoms with Gasteiger partial charge in [-0.05, 0) is 43.9 Å². The monoisotopic (exact) mass is 387 g/mol. The van der Waals surface area contributed by atoms with Crippen LogP contribution in [0.2, 0.25) is 0 Å². The van der Waals surface area contributed by atoms with Crippen LogP contribution in [-0.4, -0.2) is 47.4 Å². The lowest BCUT2D eigenvalue weighted by molar-refractivity contribution is -0.147. The van der Waals surface area contributed by atoms with Crippen molar-refractivity contribution in [2.45, 2.75) is 51.5 Å². The number of aryl methyl sites for hydroxylation is 1. The quantitative estimate of drug-likeness (QED) is 0.574. The molecule has 1 aromatic carbocycles. The first-order valence-electron chi connectivity index (χ1n) is 9.48. The first-order valence-corrected chi connectivity index (χ1v) is 9.48. The molecule has 4 amide bonds. The van der Waals surface area contributed by atoms with Crippen molar-refractivity contribution in [2.24, 2.45) is 0 Å². The molecule has 2 N–H and O–H groups in total. The molecule has 1 aliphatic carbocycles. The second-order valence-corrected chi connectivity index (χ2v) is 7.38. The third kappa shape index (κ3) is 4.00. The molecule has 0 bridgehead atoms. The van der Waals surface area contributed by atoms with Gasteiger partial charge in [0.15, 0.2) is 6.61 Å². The predicted octanol–water partition coefficient (Wildman–Crippen LogP) is 2.04. The molecule has 1 saturated carbocycles. The molecule has 1 spiro atoms. The first kappa shape index (κ1) is 19.9. The van der Waals surface area contributed by atoms with E-state index in [-0.39, 0.29) is 18.9 Å². The van der Waals surface area contributed by atoms with Gasteiger partial charge in [0.05, 0.1) is 6.42 Å². The second-order valence-electron chi connectivity index (χ2n) is 7.38. The molecule has 1 aliphatic heterocycles. The lowest BCUT2D eigenvalue weighted by atomic mass is 9.98. The van der Waals surface area contributed by atoms with Crippen molar-refractivity contribution in [3.63, 3.8) is 0 Å². The molecule has 1 saturated heterocycles. The molecule has 0 atom stereocenters. The Bertz CT molecular complexity index is 814. The van der Waals surface area contributed by atoms with Crippen LogP contribution in [0, 0.1) is 13.8 Å². The fraction of sp³-hybridized carbons (Fsp3) is 0.500. The summed E-state index contributed by atoms with van der Waals surface area (Å²) in [6.45, 7) is 3.36. The molecular formula is C20H25N3O5. The van der Waals surface area contributed by atoms with Crippen molar-refractivity contribution >= 4 is 29.5 Å². The number of carbonyl (C=O) groups excluding carboxylic acids is 4. The van der Waals surface area contributed by atoms with Gasteiger partial charge in [-0.3, -0.25) is 19.3 Å². The van der Waals surface area contributed by atoms with E-state index < -0.39 is 30.1 Å². The van der Waals surface area contributed by atoms with E-state index in [2.05, 4.69) is 10.6 Å². The average molecular weight is 387 g/mol. The van der Waals surface area contributed by atoms with Crippen LogP contribution in [-0.2, 0) is 19.1 Å². The fourth-order valence-electron chi connectivity index (χ4n) is 3.69. The van der Waals surface area contributed by atoms with Crippen LogP contribution in [0.1, 0.15) is 43.2 Å². The summed E-state index contributed by atoms with van der Waals surface area (Å²) in [6, 6.07) is 5.08. The van der Waals surface area contributed by atoms with Crippen LogP contribution in [0.5, 0.6) is 0 Å². The van der Waals surface area contributed by atoms with E-state index in [0.29, 0.717) is 18.5 Å². The van der Waals surface area contributed by atoms with Crippen molar-refractivity contribution < 1.29 is 23.9 Å². The van der Waals surface area contributed by atoms with Crippen LogP contribution < -0.4 is 10.6 Å². The minimum absolute atomic E-state index is 0.0517. The summed E-state index contributed by atoms with van der Waals surface area (Å²) in [5.41, 5.74) is 1.87. The van der Waals surface area contributed by atoms with Gasteiger partial charge in [-0.25, -0.2) is 4.79 Å². The number of anilines is 1. The zero-order valence-corrected chi connectivity index (χ0v) is 16.2. The molecule has 1 heterocycles. The van der Waals surface area contributed by atoms with Crippen LogP contribution in [0.3, 0.4) is 0 Å². The molecule has 0 aromatic heterocycles. The predicted molar refractivity (Wildman–Crippen MR) is 102 cm³/mol. The largest absolute Gasteiger partial charge is 0.456 e. The first-order chi connectivity index (χ1) is 13.3. The van der Waals surface area contributed by atoms with Gasteiger partial charge in [-0.1, -0.05) is 25.0 Å². The maximum atomic E-state index is 12.5. The minimum atomic E-state index is -0.785. The Morgan fingerprint density at radius 3 is 2.64 bits per heavy atom. The summed E-state index contributed by atoms with van der Waals surface area (Å²) in [4.78, 5) is 49.6. The summed E-state index contributed by atoms with van der Waals surface area (Å²) < 4.78 is 4.97. The molecule has 3 rings (SSSR count). The highest BCUT2D eigenvalue weighted by atomic mass is 16.5. The van der Waals surface area contributed by atoms with E-state index in [9.17, 15) is 19.2 Å². The van der Waals surface area contributed by atoms with Crippen LogP contribution in [0.4, 0.5) is 10.5 Å². The van der Waals surface area contributed by atoms with E-state index in [0.717, 1.165) is 28.9 Å². The molecule has 2 aliphatic rings. The molecule has 1 aromatic rings. The van der Waals surface area contributed by atoms with Gasteiger partial charge in [-0.15, -0.1) is 0 Å². The molecule has 28 heavy (non-hydrogen) atoms. The maximum absolute atomic E-state index is 12.5. The number of ether oxygens (including phenoxy) is 1. The molecular weight excluding hydrogens is 362 g/mol. The van der Waals surface area contributed by atoms with E-state index in [1.807, 2.05) is 26.0 Å². The number of imide groups is 1. The summed E-state index contributed by atoms with van der Waals surface area (Å²) >= 11 is 0. The smallest absolute Gasteiger partial charge is 0.325 e. The van der Waals surface area contributed by atoms with Crippen LogP contribution >= 0.6 is 0 Å². The van der Waals surface area contributed by atoms with Gasteiger partial charge in [-0.2, -0.15) is 0 Å². The number of esters is 1. The van der Waals surface area contributed by atoms with E-state index in [1.54, 1.807) is 6.07 Å². The molecule has 8 heteroatoms. The van der Waals surface area contributed by atoms with Crippen molar-refractivity contribution in [1.29, 1.82) is 0 Å². The Morgan fingerprint density at radius 1 is 1.21 bits per heavy atom. The zero-order valence-electron chi connectivity index (χ0n) is 16.2. The number of amides is 4. The minimum Gasteiger partial charge on any atom is -0.456 e. The Balaban J connectivity index is 1.44. The molecule has 0 unspecified atom stereocenters. The summed E-state index contributed by atoms with van der Waals surface area (Å²) in [6.07, 6.45) is 2.93. The summed E-state index contributed by atoms with van der Waals surface area (Å²) in [5, 5.41) is 5.47. The van der Waals surface area contributed by atoms with E-state index in [1.165, 1.54) is 0 Å². The summed E-state index contributed by atoms with van der Waals surface area (Å²) in [5.74, 6) is -1.35. The zero-order chi connectivity index (χ0) is 20.3. The number of hydrogen-bond donors (Lipinski definition) is 2. The standard InChI is InChI=1S/C20H25N3O5/c1-13-6-5-7-15(14(13)2)21-16(24)12-28-17(25)8-11-23-18(26)20(22-19(23)27)9-3-4-10-20/h5-7H,3-4,8-12H2,1-2H3,(H,21,24)(H,22,27). The lowest BCUT2D eigenvalue weighted by Crippen LogP contribution is -2.44. The molecule has 150 valence electrons. The number of carbonyl (C=O) groups is 4. The highest BCUT2D eigenvalue weighted by molar-refractivity contribution is 6.07. The maximum Gasteiger partial charge on any atom is 0.325 e. The molecule has 2 fully saturated rings. The third-order valence-electron chi connectivity index (χ3n) is 5.49. The number of urea groups is 1. The number of nitrogens with zero attached hydrogens (tertiary/aromatic N) is 1. The highest BCUT2D eigenvalue weighted by Crippen LogP contribution is 2.35. The Kier molecular flexibility index (Phi) is 5.67. The number of rotatable bonds is 6. The normalized spacial score (nSPS) is 17.7. The lowest BCUT2D eigenvalue weighted by Gasteiger charge is -2.19. The number of hydrogen-bond acceptors (Lipinski definition) is 5. The second kappa shape index (κ2) is 8.00. The van der Waals surface area contributed by atoms with Gasteiger partial charge in [0, 0.05) is 12.2 Å². The van der Waals surface area contributed by atoms with Gasteiger partial charge in [0.1, 0.15) is 5.54 Å². The van der Waals surface area contributed by atoms with Gasteiger partial charge >= 0.3 is 12.0 Å². The van der Waals surface area contributed by atoms with E-state index >= 15 is 0 Å². The van der Waals surface area contributed by atoms with Crippen molar-refractivity contribution in [3.8, 4) is 0 Å². The third-order valence-corrected chi connectivity index (χ3v) is 5.49. The van der Waals surface area contributed by atoms with E-state index in [4.69, 9.17) is 4.74 Å². The average Bonchev–Trinajstić information content (AvgIpc) is 3.21. The topological polar surface area (TPSA) is 105 Å². The van der Waals surface area contributed by atoms with Crippen molar-refractivity contribution in [3.05, 3.63) is 29.3 Å². The van der Waals surface area contributed by atoms with Gasteiger partial charge in [0.25, 0.3) is 11.8 Å². The fourth-order valence-corrected chi connectivity index (χ4v) is 3.69. The summed E-state index contributed by atoms with van der Waals surface area (Å²) in [7, 11) is 0. The van der Waals surface area contributed by atoms with Crippen LogP contribution in [0.25, 0.3) is 0 Å². The highest BCUT2D eigenvalue weighted by Gasteiger charge is 2.52. The van der Waals surface area contributed by atoms with Crippen molar-refractivity contribution in [2.75, 3.05) is 18.5 Å². The van der Waals surface area contributed by atoms with Crippen molar-refractivity contribution in [1.82, 2.24) is 10.2 Å². The Hall–Kier alpha value is -2.90. The number of nitrogens with one attached hydrogen (secondary N) is 2. The molecule has 0 radical (unpaired) electrons. The van der Waals surface area contributed by atoms with Gasteiger partial charge < -0.3 is 15.4 Å². The molecule has 8 nitrogen and oxygen atoms in total.